The first-order valence-corrected chi connectivity index (χ1v) is 7.71. The van der Waals surface area contributed by atoms with Crippen molar-refractivity contribution in [1.29, 1.82) is 0 Å². The number of phenols is 1. The molecule has 0 aliphatic carbocycles. The van der Waals surface area contributed by atoms with E-state index in [1.165, 1.54) is 11.3 Å². The van der Waals surface area contributed by atoms with E-state index in [4.69, 9.17) is 0 Å². The maximum atomic E-state index is 13.0. The van der Waals surface area contributed by atoms with Gasteiger partial charge in [-0.05, 0) is 42.5 Å². The van der Waals surface area contributed by atoms with Gasteiger partial charge >= 0.3 is 0 Å². The summed E-state index contributed by atoms with van der Waals surface area (Å²) in [5.41, 5.74) is 2.73. The molecule has 22 heavy (non-hydrogen) atoms. The number of hydrogen-bond donors (Lipinski definition) is 1. The van der Waals surface area contributed by atoms with Gasteiger partial charge in [0.05, 0.1) is 15.9 Å². The Morgan fingerprint density at radius 1 is 1.14 bits per heavy atom. The number of benzene rings is 2. The molecule has 0 fully saturated rings. The highest BCUT2D eigenvalue weighted by Crippen LogP contribution is 2.33. The van der Waals surface area contributed by atoms with Crippen LogP contribution in [-0.2, 0) is 0 Å². The van der Waals surface area contributed by atoms with Gasteiger partial charge in [-0.15, -0.1) is 16.4 Å². The lowest BCUT2D eigenvalue weighted by Crippen LogP contribution is -2.11. The summed E-state index contributed by atoms with van der Waals surface area (Å²) in [7, 11) is 0. The first-order chi connectivity index (χ1) is 10.7. The Labute approximate surface area is 130 Å². The van der Waals surface area contributed by atoms with Gasteiger partial charge in [-0.3, -0.25) is 5.01 Å². The van der Waals surface area contributed by atoms with Gasteiger partial charge in [-0.2, -0.15) is 4.39 Å². The largest absolute Gasteiger partial charge is 0.508 e. The lowest BCUT2D eigenvalue weighted by molar-refractivity contribution is 0.476. The van der Waals surface area contributed by atoms with Crippen LogP contribution in [0.4, 0.5) is 10.1 Å². The summed E-state index contributed by atoms with van der Waals surface area (Å²) in [5.74, 6) is -0.0815. The van der Waals surface area contributed by atoms with Crippen LogP contribution in [0.2, 0.25) is 0 Å². The number of fused-ring (bicyclic) bond motifs is 1. The zero-order valence-electron chi connectivity index (χ0n) is 11.5. The molecule has 0 atom stereocenters. The standard InChI is InChI=1S/C16H12FN3OS/c17-15-7-8-20(19-15)11-3-1-10(2-4-11)16-18-13-6-5-12(21)9-14(13)22-16/h1-6,9,21H,7-8H2. The molecule has 0 radical (unpaired) electrons. The fourth-order valence-electron chi connectivity index (χ4n) is 2.43. The molecular weight excluding hydrogens is 301 g/mol. The average molecular weight is 313 g/mol. The first kappa shape index (κ1) is 13.2. The van der Waals surface area contributed by atoms with E-state index in [1.807, 2.05) is 24.3 Å². The van der Waals surface area contributed by atoms with Crippen LogP contribution in [0.1, 0.15) is 6.42 Å². The second-order valence-electron chi connectivity index (χ2n) is 5.07. The molecule has 3 aromatic rings. The van der Waals surface area contributed by atoms with Gasteiger partial charge in [0.25, 0.3) is 0 Å². The van der Waals surface area contributed by atoms with E-state index >= 15 is 0 Å². The molecule has 0 unspecified atom stereocenters. The lowest BCUT2D eigenvalue weighted by atomic mass is 10.2. The van der Waals surface area contributed by atoms with Crippen LogP contribution in [0.3, 0.4) is 0 Å². The quantitative estimate of drug-likeness (QED) is 0.773. The number of thiazole rings is 1. The molecule has 6 heteroatoms. The van der Waals surface area contributed by atoms with Gasteiger partial charge in [0.15, 0.2) is 0 Å². The summed E-state index contributed by atoms with van der Waals surface area (Å²) in [6, 6.07) is 12.9. The molecule has 0 saturated heterocycles. The van der Waals surface area contributed by atoms with Crippen LogP contribution < -0.4 is 5.01 Å². The highest BCUT2D eigenvalue weighted by Gasteiger charge is 2.15. The van der Waals surface area contributed by atoms with Crippen LogP contribution in [0.15, 0.2) is 47.6 Å². The Morgan fingerprint density at radius 2 is 1.95 bits per heavy atom. The van der Waals surface area contributed by atoms with Gasteiger partial charge in [0.1, 0.15) is 10.8 Å². The normalized spacial score (nSPS) is 14.6. The minimum atomic E-state index is -0.324. The Balaban J connectivity index is 1.67. The molecular formula is C16H12FN3OS. The van der Waals surface area contributed by atoms with Crippen molar-refractivity contribution in [3.63, 3.8) is 0 Å². The molecule has 2 heterocycles. The third-order valence-electron chi connectivity index (χ3n) is 3.54. The van der Waals surface area contributed by atoms with Gasteiger partial charge in [-0.1, -0.05) is 0 Å². The van der Waals surface area contributed by atoms with Crippen molar-refractivity contribution in [2.24, 2.45) is 5.10 Å². The Kier molecular flexibility index (Phi) is 3.04. The van der Waals surface area contributed by atoms with E-state index in [1.54, 1.807) is 23.2 Å². The van der Waals surface area contributed by atoms with Crippen molar-refractivity contribution in [3.05, 3.63) is 42.5 Å². The Morgan fingerprint density at radius 3 is 2.68 bits per heavy atom. The van der Waals surface area contributed by atoms with E-state index in [9.17, 15) is 9.50 Å². The second kappa shape index (κ2) is 5.06. The number of rotatable bonds is 2. The smallest absolute Gasteiger partial charge is 0.209 e. The highest BCUT2D eigenvalue weighted by molar-refractivity contribution is 7.21. The van der Waals surface area contributed by atoms with Crippen molar-refractivity contribution in [1.82, 2.24) is 4.98 Å². The van der Waals surface area contributed by atoms with Crippen LogP contribution in [0.25, 0.3) is 20.8 Å². The van der Waals surface area contributed by atoms with E-state index in [0.29, 0.717) is 13.0 Å². The number of hydrazone groups is 1. The summed E-state index contributed by atoms with van der Waals surface area (Å²) < 4.78 is 14.0. The Bertz CT molecular complexity index is 873. The number of halogens is 1. The molecule has 1 aromatic heterocycles. The number of phenolic OH excluding ortho intramolecular Hbond substituents is 1. The topological polar surface area (TPSA) is 48.7 Å². The Hall–Kier alpha value is -2.47. The zero-order chi connectivity index (χ0) is 15.1. The summed E-state index contributed by atoms with van der Waals surface area (Å²) >= 11 is 1.53. The zero-order valence-corrected chi connectivity index (χ0v) is 12.3. The van der Waals surface area contributed by atoms with Crippen LogP contribution in [-0.4, -0.2) is 22.6 Å². The number of nitrogens with zero attached hydrogens (tertiary/aromatic N) is 3. The molecule has 2 aromatic carbocycles. The molecule has 0 bridgehead atoms. The fraction of sp³-hybridized carbons (Fsp3) is 0.125. The molecule has 0 amide bonds. The average Bonchev–Trinajstić information content (AvgIpc) is 3.13. The monoisotopic (exact) mass is 313 g/mol. The summed E-state index contributed by atoms with van der Waals surface area (Å²) in [4.78, 5) is 4.57. The SMILES string of the molecule is Oc1ccc2nc(-c3ccc(N4CCC(F)=N4)cc3)sc2c1. The van der Waals surface area contributed by atoms with Gasteiger partial charge in [0, 0.05) is 18.5 Å². The maximum Gasteiger partial charge on any atom is 0.209 e. The van der Waals surface area contributed by atoms with E-state index in [2.05, 4.69) is 10.1 Å². The number of aromatic hydroxyl groups is 1. The predicted octanol–water partition coefficient (Wildman–Crippen LogP) is 4.16. The maximum absolute atomic E-state index is 13.0. The first-order valence-electron chi connectivity index (χ1n) is 6.89. The molecule has 1 aliphatic rings. The molecule has 4 nitrogen and oxygen atoms in total. The van der Waals surface area contributed by atoms with E-state index in [0.717, 1.165) is 26.5 Å². The fourth-order valence-corrected chi connectivity index (χ4v) is 3.43. The van der Waals surface area contributed by atoms with Gasteiger partial charge in [-0.25, -0.2) is 4.98 Å². The predicted molar refractivity (Wildman–Crippen MR) is 87.2 cm³/mol. The molecule has 1 aliphatic heterocycles. The third-order valence-corrected chi connectivity index (χ3v) is 4.61. The molecule has 0 spiro atoms. The lowest BCUT2D eigenvalue weighted by Gasteiger charge is -2.12. The van der Waals surface area contributed by atoms with Crippen molar-refractivity contribution in [2.75, 3.05) is 11.6 Å². The van der Waals surface area contributed by atoms with E-state index in [-0.39, 0.29) is 11.7 Å². The molecule has 4 rings (SSSR count). The molecule has 110 valence electrons. The third kappa shape index (κ3) is 2.31. The molecule has 0 saturated carbocycles. The minimum Gasteiger partial charge on any atom is -0.508 e. The van der Waals surface area contributed by atoms with Gasteiger partial charge < -0.3 is 5.11 Å². The summed E-state index contributed by atoms with van der Waals surface area (Å²) in [6.45, 7) is 0.575. The molecule has 1 N–H and O–H groups in total. The van der Waals surface area contributed by atoms with Crippen LogP contribution in [0.5, 0.6) is 5.75 Å². The van der Waals surface area contributed by atoms with Crippen molar-refractivity contribution < 1.29 is 9.50 Å². The van der Waals surface area contributed by atoms with E-state index < -0.39 is 0 Å². The van der Waals surface area contributed by atoms with Crippen molar-refractivity contribution in [3.8, 4) is 16.3 Å². The minimum absolute atomic E-state index is 0.243. The van der Waals surface area contributed by atoms with Gasteiger partial charge in [0.2, 0.25) is 5.97 Å². The highest BCUT2D eigenvalue weighted by atomic mass is 32.1. The van der Waals surface area contributed by atoms with Crippen molar-refractivity contribution >= 4 is 33.2 Å². The summed E-state index contributed by atoms with van der Waals surface area (Å²) in [5, 5.41) is 15.9. The summed E-state index contributed by atoms with van der Waals surface area (Å²) in [6.07, 6.45) is 0.364. The second-order valence-corrected chi connectivity index (χ2v) is 6.10. The van der Waals surface area contributed by atoms with Crippen LogP contribution >= 0.6 is 11.3 Å². The number of hydrogen-bond acceptors (Lipinski definition) is 5. The number of anilines is 1. The van der Waals surface area contributed by atoms with Crippen LogP contribution in [0, 0.1) is 0 Å². The number of aromatic nitrogens is 1. The van der Waals surface area contributed by atoms with Crippen molar-refractivity contribution in [2.45, 2.75) is 6.42 Å².